The Morgan fingerprint density at radius 1 is 1.03 bits per heavy atom. The van der Waals surface area contributed by atoms with Crippen LogP contribution in [0.2, 0.25) is 0 Å². The molecule has 0 spiro atoms. The molecule has 2 aromatic carbocycles. The molecule has 0 radical (unpaired) electrons. The van der Waals surface area contributed by atoms with Gasteiger partial charge in [-0.15, -0.1) is 0 Å². The number of fused-ring (bicyclic) bond motifs is 4. The summed E-state index contributed by atoms with van der Waals surface area (Å²) < 4.78 is 41.3. The number of ether oxygens (including phenoxy) is 7. The number of hydrogen-bond acceptors (Lipinski definition) is 8. The average Bonchev–Trinajstić information content (AvgIpc) is 3.34. The van der Waals surface area contributed by atoms with Crippen LogP contribution in [0.15, 0.2) is 23.8 Å². The molecular weight excluding hydrogens is 464 g/mol. The summed E-state index contributed by atoms with van der Waals surface area (Å²) in [6.45, 7) is 8.22. The van der Waals surface area contributed by atoms with Crippen molar-refractivity contribution < 1.29 is 38.3 Å². The van der Waals surface area contributed by atoms with Crippen LogP contribution in [0.1, 0.15) is 44.9 Å². The van der Waals surface area contributed by atoms with Gasteiger partial charge in [0.05, 0.1) is 40.6 Å². The fourth-order valence-corrected chi connectivity index (χ4v) is 5.00. The molecule has 1 aliphatic carbocycles. The van der Waals surface area contributed by atoms with Gasteiger partial charge in [-0.2, -0.15) is 0 Å². The average molecular weight is 501 g/mol. The van der Waals surface area contributed by atoms with E-state index in [1.165, 1.54) is 0 Å². The van der Waals surface area contributed by atoms with Crippen molar-refractivity contribution in [1.82, 2.24) is 0 Å². The molecule has 2 aromatic rings. The van der Waals surface area contributed by atoms with Crippen molar-refractivity contribution in [1.29, 1.82) is 0 Å². The summed E-state index contributed by atoms with van der Waals surface area (Å²) in [6.07, 6.45) is 1.82. The number of methoxy groups -OCH3 is 4. The molecular formula is C28H36O8. The molecule has 36 heavy (non-hydrogen) atoms. The molecule has 1 unspecified atom stereocenters. The van der Waals surface area contributed by atoms with Gasteiger partial charge in [-0.1, -0.05) is 18.6 Å². The van der Waals surface area contributed by atoms with Crippen LogP contribution in [0, 0.1) is 5.92 Å². The molecule has 3 atom stereocenters. The summed E-state index contributed by atoms with van der Waals surface area (Å²) in [6, 6.07) is 3.81. The fourth-order valence-electron chi connectivity index (χ4n) is 5.00. The molecule has 0 saturated heterocycles. The first-order valence-electron chi connectivity index (χ1n) is 12.0. The van der Waals surface area contributed by atoms with E-state index < -0.39 is 11.7 Å². The number of hydrogen-bond donors (Lipinski definition) is 1. The molecule has 1 N–H and O–H groups in total. The number of benzene rings is 2. The van der Waals surface area contributed by atoms with E-state index in [0.717, 1.165) is 16.7 Å². The van der Waals surface area contributed by atoms with Crippen molar-refractivity contribution in [3.63, 3.8) is 0 Å². The highest BCUT2D eigenvalue weighted by molar-refractivity contribution is 5.89. The highest BCUT2D eigenvalue weighted by Gasteiger charge is 2.45. The zero-order chi connectivity index (χ0) is 26.2. The molecule has 8 nitrogen and oxygen atoms in total. The van der Waals surface area contributed by atoms with E-state index in [4.69, 9.17) is 33.2 Å². The van der Waals surface area contributed by atoms with Gasteiger partial charge in [0.1, 0.15) is 6.10 Å². The zero-order valence-electron chi connectivity index (χ0n) is 22.3. The Morgan fingerprint density at radius 2 is 1.72 bits per heavy atom. The van der Waals surface area contributed by atoms with Gasteiger partial charge in [0.15, 0.2) is 23.0 Å². The Hall–Kier alpha value is -3.10. The normalized spacial score (nSPS) is 22.8. The summed E-state index contributed by atoms with van der Waals surface area (Å²) in [5.41, 5.74) is 2.92. The summed E-state index contributed by atoms with van der Waals surface area (Å²) in [5.74, 6) is 2.82. The maximum atomic E-state index is 12.0. The molecule has 0 saturated carbocycles. The molecule has 1 aliphatic heterocycles. The van der Waals surface area contributed by atoms with Crippen molar-refractivity contribution in [3.05, 3.63) is 34.9 Å². The second-order valence-electron chi connectivity index (χ2n) is 9.44. The molecule has 0 amide bonds. The molecule has 8 heteroatoms. The second kappa shape index (κ2) is 10.1. The summed E-state index contributed by atoms with van der Waals surface area (Å²) in [5, 5.41) is 12.0. The first-order chi connectivity index (χ1) is 17.2. The Balaban J connectivity index is 2.14. The quantitative estimate of drug-likeness (QED) is 0.527. The van der Waals surface area contributed by atoms with E-state index in [1.54, 1.807) is 28.4 Å². The third kappa shape index (κ3) is 4.12. The molecule has 196 valence electrons. The van der Waals surface area contributed by atoms with Crippen LogP contribution in [-0.4, -0.2) is 52.5 Å². The lowest BCUT2D eigenvalue weighted by Crippen LogP contribution is -2.43. The Morgan fingerprint density at radius 3 is 2.33 bits per heavy atom. The van der Waals surface area contributed by atoms with Gasteiger partial charge in [0.25, 0.3) is 0 Å². The number of rotatable bonds is 7. The van der Waals surface area contributed by atoms with E-state index in [9.17, 15) is 5.11 Å². The van der Waals surface area contributed by atoms with Crippen LogP contribution >= 0.6 is 0 Å². The number of allylic oxidation sites excluding steroid dienone is 1. The number of aliphatic hydroxyl groups is 1. The Labute approximate surface area is 212 Å². The van der Waals surface area contributed by atoms with Gasteiger partial charge in [-0.3, -0.25) is 0 Å². The van der Waals surface area contributed by atoms with Crippen LogP contribution in [0.5, 0.6) is 34.5 Å². The molecule has 0 aromatic heterocycles. The van der Waals surface area contributed by atoms with Crippen LogP contribution in [0.4, 0.5) is 0 Å². The largest absolute Gasteiger partial charge is 0.493 e. The van der Waals surface area contributed by atoms with E-state index >= 15 is 0 Å². The van der Waals surface area contributed by atoms with E-state index in [1.807, 2.05) is 45.9 Å². The lowest BCUT2D eigenvalue weighted by molar-refractivity contribution is -0.125. The summed E-state index contributed by atoms with van der Waals surface area (Å²) >= 11 is 0. The SMILES string of the molecule is CC=C(C)COC1c2cc3c(c(OC)c2-c2c(cc(OC)c(OC)c2OC)C[C@H](C)[C@]1(C)O)OCO3. The van der Waals surface area contributed by atoms with Crippen LogP contribution in [0.3, 0.4) is 0 Å². The van der Waals surface area contributed by atoms with Gasteiger partial charge < -0.3 is 38.3 Å². The maximum Gasteiger partial charge on any atom is 0.231 e. The van der Waals surface area contributed by atoms with Gasteiger partial charge >= 0.3 is 0 Å². The first-order valence-corrected chi connectivity index (χ1v) is 12.0. The lowest BCUT2D eigenvalue weighted by atomic mass is 9.73. The van der Waals surface area contributed by atoms with Crippen molar-refractivity contribution >= 4 is 0 Å². The molecule has 2 aliphatic rings. The minimum Gasteiger partial charge on any atom is -0.493 e. The lowest BCUT2D eigenvalue weighted by Gasteiger charge is -2.41. The van der Waals surface area contributed by atoms with Crippen molar-refractivity contribution in [3.8, 4) is 45.6 Å². The zero-order valence-corrected chi connectivity index (χ0v) is 22.3. The molecule has 0 fully saturated rings. The highest BCUT2D eigenvalue weighted by Crippen LogP contribution is 2.59. The third-order valence-corrected chi connectivity index (χ3v) is 7.32. The minimum absolute atomic E-state index is 0.0700. The van der Waals surface area contributed by atoms with E-state index in [-0.39, 0.29) is 12.7 Å². The van der Waals surface area contributed by atoms with E-state index in [2.05, 4.69) is 0 Å². The fraction of sp³-hybridized carbons (Fsp3) is 0.500. The smallest absolute Gasteiger partial charge is 0.231 e. The first kappa shape index (κ1) is 26.0. The van der Waals surface area contributed by atoms with Gasteiger partial charge in [0.2, 0.25) is 18.3 Å². The Kier molecular flexibility index (Phi) is 7.29. The molecule has 0 bridgehead atoms. The van der Waals surface area contributed by atoms with Crippen molar-refractivity contribution in [2.45, 2.75) is 45.8 Å². The minimum atomic E-state index is -1.24. The third-order valence-electron chi connectivity index (χ3n) is 7.32. The molecule has 4 rings (SSSR count). The van der Waals surface area contributed by atoms with E-state index in [0.29, 0.717) is 58.7 Å². The molecule has 1 heterocycles. The van der Waals surface area contributed by atoms with Gasteiger partial charge in [-0.25, -0.2) is 0 Å². The standard InChI is InChI=1S/C28H36O8/c1-9-15(2)13-34-27-18-12-20-24(36-14-35-20)26(33-8)22(18)21-17(10-16(3)28(27,4)29)11-19(30-5)23(31-6)25(21)32-7/h9,11-12,16,27,29H,10,13-14H2,1-8H3/t16-,27?,28-/m0/s1. The predicted molar refractivity (Wildman–Crippen MR) is 136 cm³/mol. The maximum absolute atomic E-state index is 12.0. The summed E-state index contributed by atoms with van der Waals surface area (Å²) in [7, 11) is 6.35. The Bertz CT molecular complexity index is 1170. The van der Waals surface area contributed by atoms with Crippen LogP contribution in [0.25, 0.3) is 11.1 Å². The predicted octanol–water partition coefficient (Wildman–Crippen LogP) is 5.08. The highest BCUT2D eigenvalue weighted by atomic mass is 16.7. The summed E-state index contributed by atoms with van der Waals surface area (Å²) in [4.78, 5) is 0. The van der Waals surface area contributed by atoms with Crippen molar-refractivity contribution in [2.75, 3.05) is 41.8 Å². The van der Waals surface area contributed by atoms with Gasteiger partial charge in [-0.05, 0) is 56.4 Å². The van der Waals surface area contributed by atoms with Crippen LogP contribution < -0.4 is 28.4 Å². The van der Waals surface area contributed by atoms with Gasteiger partial charge in [0, 0.05) is 11.1 Å². The monoisotopic (exact) mass is 500 g/mol. The van der Waals surface area contributed by atoms with Crippen LogP contribution in [-0.2, 0) is 11.2 Å². The topological polar surface area (TPSA) is 84.8 Å². The van der Waals surface area contributed by atoms with Crippen molar-refractivity contribution in [2.24, 2.45) is 5.92 Å². The second-order valence-corrected chi connectivity index (χ2v) is 9.44.